The van der Waals surface area contributed by atoms with Crippen LogP contribution >= 0.6 is 27.5 Å². The summed E-state index contributed by atoms with van der Waals surface area (Å²) < 4.78 is 5.39. The van der Waals surface area contributed by atoms with Gasteiger partial charge in [0.05, 0.1) is 11.8 Å². The molecule has 0 saturated heterocycles. The van der Waals surface area contributed by atoms with Crippen LogP contribution in [0.25, 0.3) is 0 Å². The van der Waals surface area contributed by atoms with Gasteiger partial charge in [0.25, 0.3) is 5.91 Å². The van der Waals surface area contributed by atoms with Gasteiger partial charge in [-0.15, -0.1) is 0 Å². The van der Waals surface area contributed by atoms with E-state index in [0.717, 1.165) is 6.07 Å². The van der Waals surface area contributed by atoms with Gasteiger partial charge in [0.2, 0.25) is 0 Å². The molecule has 0 radical (unpaired) electrons. The SMILES string of the molecule is O=C(Nc1cc(Br)cnc1Cl)c1ccc([N+](=O)[O-])o1. The van der Waals surface area contributed by atoms with E-state index in [0.29, 0.717) is 4.47 Å². The summed E-state index contributed by atoms with van der Waals surface area (Å²) in [6.45, 7) is 0. The Morgan fingerprint density at radius 3 is 2.89 bits per heavy atom. The van der Waals surface area contributed by atoms with Crippen LogP contribution in [0.1, 0.15) is 10.6 Å². The second kappa shape index (κ2) is 5.37. The zero-order chi connectivity index (χ0) is 14.0. The highest BCUT2D eigenvalue weighted by molar-refractivity contribution is 9.10. The Morgan fingerprint density at radius 1 is 1.53 bits per heavy atom. The van der Waals surface area contributed by atoms with Crippen molar-refractivity contribution in [1.29, 1.82) is 0 Å². The van der Waals surface area contributed by atoms with Crippen LogP contribution in [0, 0.1) is 10.1 Å². The molecule has 0 unspecified atom stereocenters. The monoisotopic (exact) mass is 345 g/mol. The quantitative estimate of drug-likeness (QED) is 0.522. The van der Waals surface area contributed by atoms with Crippen LogP contribution in [0.2, 0.25) is 5.15 Å². The highest BCUT2D eigenvalue weighted by Crippen LogP contribution is 2.24. The lowest BCUT2D eigenvalue weighted by Gasteiger charge is -2.04. The minimum Gasteiger partial charge on any atom is -0.395 e. The number of anilines is 1. The number of amides is 1. The van der Waals surface area contributed by atoms with E-state index in [1.807, 2.05) is 0 Å². The second-order valence-corrected chi connectivity index (χ2v) is 4.61. The number of aromatic nitrogens is 1. The number of rotatable bonds is 3. The van der Waals surface area contributed by atoms with Crippen molar-refractivity contribution in [2.45, 2.75) is 0 Å². The highest BCUT2D eigenvalue weighted by Gasteiger charge is 2.18. The fourth-order valence-electron chi connectivity index (χ4n) is 1.24. The van der Waals surface area contributed by atoms with E-state index < -0.39 is 16.7 Å². The summed E-state index contributed by atoms with van der Waals surface area (Å²) in [4.78, 5) is 25.3. The van der Waals surface area contributed by atoms with Gasteiger partial charge in [0.15, 0.2) is 10.9 Å². The smallest absolute Gasteiger partial charge is 0.395 e. The number of furan rings is 1. The molecule has 0 aromatic carbocycles. The first-order valence-electron chi connectivity index (χ1n) is 4.84. The summed E-state index contributed by atoms with van der Waals surface area (Å²) in [5.74, 6) is -1.36. The van der Waals surface area contributed by atoms with Crippen LogP contribution in [-0.4, -0.2) is 15.8 Å². The maximum Gasteiger partial charge on any atom is 0.433 e. The number of nitrogens with one attached hydrogen (secondary N) is 1. The van der Waals surface area contributed by atoms with Gasteiger partial charge >= 0.3 is 5.88 Å². The largest absolute Gasteiger partial charge is 0.433 e. The maximum absolute atomic E-state index is 11.8. The number of nitrogens with zero attached hydrogens (tertiary/aromatic N) is 2. The van der Waals surface area contributed by atoms with E-state index in [1.165, 1.54) is 12.3 Å². The fraction of sp³-hybridized carbons (Fsp3) is 0. The minimum atomic E-state index is -0.732. The zero-order valence-electron chi connectivity index (χ0n) is 9.09. The van der Waals surface area contributed by atoms with Crippen molar-refractivity contribution in [2.24, 2.45) is 0 Å². The molecule has 0 aliphatic rings. The Balaban J connectivity index is 2.20. The van der Waals surface area contributed by atoms with Gasteiger partial charge in [-0.05, 0) is 28.1 Å². The number of carbonyl (C=O) groups excluding carboxylic acids is 1. The van der Waals surface area contributed by atoms with E-state index in [-0.39, 0.29) is 16.6 Å². The van der Waals surface area contributed by atoms with Crippen molar-refractivity contribution in [2.75, 3.05) is 5.32 Å². The number of carbonyl (C=O) groups is 1. The molecule has 2 aromatic heterocycles. The van der Waals surface area contributed by atoms with Gasteiger partial charge in [0.1, 0.15) is 4.92 Å². The summed E-state index contributed by atoms with van der Waals surface area (Å²) in [7, 11) is 0. The van der Waals surface area contributed by atoms with Crippen LogP contribution in [0.4, 0.5) is 11.6 Å². The van der Waals surface area contributed by atoms with Crippen LogP contribution in [0.3, 0.4) is 0 Å². The standard InChI is InChI=1S/C10H5BrClN3O4/c11-5-3-6(9(12)13-4-5)14-10(16)7-1-2-8(19-7)15(17)18/h1-4H,(H,14,16). The van der Waals surface area contributed by atoms with Gasteiger partial charge in [-0.3, -0.25) is 14.9 Å². The molecule has 0 fully saturated rings. The Kier molecular flexibility index (Phi) is 3.82. The Bertz CT molecular complexity index is 658. The zero-order valence-corrected chi connectivity index (χ0v) is 11.4. The summed E-state index contributed by atoms with van der Waals surface area (Å²) in [5.41, 5.74) is 0.264. The topological polar surface area (TPSA) is 98.3 Å². The highest BCUT2D eigenvalue weighted by atomic mass is 79.9. The third-order valence-corrected chi connectivity index (χ3v) is 2.78. The summed E-state index contributed by atoms with van der Waals surface area (Å²) in [6, 6.07) is 3.84. The number of pyridine rings is 1. The van der Waals surface area contributed by atoms with Crippen LogP contribution in [-0.2, 0) is 0 Å². The molecule has 0 bridgehead atoms. The fourth-order valence-corrected chi connectivity index (χ4v) is 1.72. The lowest BCUT2D eigenvalue weighted by Crippen LogP contribution is -2.11. The Hall–Kier alpha value is -1.93. The van der Waals surface area contributed by atoms with Crippen LogP contribution < -0.4 is 5.32 Å². The third kappa shape index (κ3) is 3.09. The van der Waals surface area contributed by atoms with Gasteiger partial charge in [-0.2, -0.15) is 0 Å². The van der Waals surface area contributed by atoms with Gasteiger partial charge < -0.3 is 9.73 Å². The summed E-state index contributed by atoms with van der Waals surface area (Å²) in [5, 5.41) is 13.0. The van der Waals surface area contributed by atoms with E-state index in [1.54, 1.807) is 6.07 Å². The van der Waals surface area contributed by atoms with Crippen LogP contribution in [0.5, 0.6) is 0 Å². The molecule has 2 heterocycles. The number of halogens is 2. The van der Waals surface area contributed by atoms with Crippen molar-refractivity contribution in [3.63, 3.8) is 0 Å². The second-order valence-electron chi connectivity index (χ2n) is 3.34. The molecular weight excluding hydrogens is 341 g/mol. The summed E-state index contributed by atoms with van der Waals surface area (Å²) in [6.07, 6.45) is 1.47. The molecule has 19 heavy (non-hydrogen) atoms. The normalized spacial score (nSPS) is 10.2. The molecule has 98 valence electrons. The van der Waals surface area contributed by atoms with Gasteiger partial charge in [-0.25, -0.2) is 4.98 Å². The van der Waals surface area contributed by atoms with Crippen molar-refractivity contribution >= 4 is 45.0 Å². The van der Waals surface area contributed by atoms with E-state index in [4.69, 9.17) is 16.0 Å². The first-order valence-corrected chi connectivity index (χ1v) is 6.01. The molecule has 0 spiro atoms. The average Bonchev–Trinajstić information content (AvgIpc) is 2.83. The first-order chi connectivity index (χ1) is 8.97. The number of hydrogen-bond acceptors (Lipinski definition) is 5. The molecule has 2 aromatic rings. The minimum absolute atomic E-state index is 0.0950. The molecule has 7 nitrogen and oxygen atoms in total. The van der Waals surface area contributed by atoms with Crippen molar-refractivity contribution in [3.8, 4) is 0 Å². The molecular formula is C10H5BrClN3O4. The number of nitro groups is 1. The van der Waals surface area contributed by atoms with Crippen molar-refractivity contribution < 1.29 is 14.1 Å². The number of hydrogen-bond donors (Lipinski definition) is 1. The molecule has 0 saturated carbocycles. The molecule has 0 aliphatic heterocycles. The molecule has 1 amide bonds. The average molecular weight is 347 g/mol. The van der Waals surface area contributed by atoms with E-state index >= 15 is 0 Å². The van der Waals surface area contributed by atoms with Gasteiger partial charge in [0, 0.05) is 10.7 Å². The predicted molar refractivity (Wildman–Crippen MR) is 70.3 cm³/mol. The van der Waals surface area contributed by atoms with Crippen LogP contribution in [0.15, 0.2) is 33.3 Å². The van der Waals surface area contributed by atoms with Gasteiger partial charge in [-0.1, -0.05) is 11.6 Å². The van der Waals surface area contributed by atoms with E-state index in [2.05, 4.69) is 26.2 Å². The lowest BCUT2D eigenvalue weighted by molar-refractivity contribution is -0.402. The maximum atomic E-state index is 11.8. The van der Waals surface area contributed by atoms with E-state index in [9.17, 15) is 14.9 Å². The molecule has 0 aliphatic carbocycles. The molecule has 1 N–H and O–H groups in total. The first kappa shape index (κ1) is 13.5. The predicted octanol–water partition coefficient (Wildman–Crippen LogP) is 3.25. The third-order valence-electron chi connectivity index (χ3n) is 2.05. The molecule has 0 atom stereocenters. The summed E-state index contributed by atoms with van der Waals surface area (Å²) >= 11 is 8.98. The van der Waals surface area contributed by atoms with Crippen molar-refractivity contribution in [3.05, 3.63) is 49.9 Å². The molecule has 2 rings (SSSR count). The molecule has 9 heteroatoms. The van der Waals surface area contributed by atoms with Crippen molar-refractivity contribution in [1.82, 2.24) is 4.98 Å². The Morgan fingerprint density at radius 2 is 2.26 bits per heavy atom. The Labute approximate surface area is 119 Å². The lowest BCUT2D eigenvalue weighted by atomic mass is 10.3.